The van der Waals surface area contributed by atoms with E-state index in [0.717, 1.165) is 17.2 Å². The molecule has 2 aromatic carbocycles. The zero-order valence-electron chi connectivity index (χ0n) is 11.1. The molecule has 6 heteroatoms. The van der Waals surface area contributed by atoms with E-state index in [9.17, 15) is 13.2 Å². The van der Waals surface area contributed by atoms with Gasteiger partial charge in [-0.1, -0.05) is 29.3 Å². The topological polar surface area (TPSA) is 12.0 Å². The Morgan fingerprint density at radius 3 is 2.38 bits per heavy atom. The van der Waals surface area contributed by atoms with Gasteiger partial charge in [-0.05, 0) is 48.4 Å². The standard InChI is InChI=1S/C15H12Cl2F3N/c1-9-6-11(16)3-2-10(9)8-21-12-4-5-14(17)13(7-12)15(18,19)20/h2-7,21H,8H2,1H3. The van der Waals surface area contributed by atoms with Gasteiger partial charge in [0.25, 0.3) is 0 Å². The van der Waals surface area contributed by atoms with Gasteiger partial charge in [-0.25, -0.2) is 0 Å². The minimum absolute atomic E-state index is 0.310. The predicted molar refractivity (Wildman–Crippen MR) is 80.0 cm³/mol. The van der Waals surface area contributed by atoms with E-state index in [1.165, 1.54) is 12.1 Å². The highest BCUT2D eigenvalue weighted by Gasteiger charge is 2.33. The Hall–Kier alpha value is -1.39. The molecule has 0 spiro atoms. The number of halogens is 5. The molecule has 0 bridgehead atoms. The quantitative estimate of drug-likeness (QED) is 0.733. The Morgan fingerprint density at radius 2 is 1.76 bits per heavy atom. The van der Waals surface area contributed by atoms with Crippen LogP contribution in [0.2, 0.25) is 10.0 Å². The number of benzene rings is 2. The predicted octanol–water partition coefficient (Wildman–Crippen LogP) is 5.93. The first kappa shape index (κ1) is 16.0. The first-order valence-electron chi connectivity index (χ1n) is 6.13. The van der Waals surface area contributed by atoms with Gasteiger partial charge in [0.15, 0.2) is 0 Å². The maximum Gasteiger partial charge on any atom is 0.417 e. The minimum atomic E-state index is -4.47. The van der Waals surface area contributed by atoms with Crippen molar-refractivity contribution >= 4 is 28.9 Å². The van der Waals surface area contributed by atoms with Gasteiger partial charge in [0, 0.05) is 17.3 Å². The highest BCUT2D eigenvalue weighted by molar-refractivity contribution is 6.31. The summed E-state index contributed by atoms with van der Waals surface area (Å²) in [6.07, 6.45) is -4.47. The van der Waals surface area contributed by atoms with Crippen LogP contribution in [0, 0.1) is 6.92 Å². The molecule has 0 saturated heterocycles. The molecule has 0 aromatic heterocycles. The van der Waals surface area contributed by atoms with Crippen LogP contribution in [0.15, 0.2) is 36.4 Å². The average Bonchev–Trinajstić information content (AvgIpc) is 2.38. The van der Waals surface area contributed by atoms with Crippen molar-refractivity contribution in [2.75, 3.05) is 5.32 Å². The fourth-order valence-corrected chi connectivity index (χ4v) is 2.36. The number of alkyl halides is 3. The van der Waals surface area contributed by atoms with Gasteiger partial charge >= 0.3 is 6.18 Å². The number of aryl methyl sites for hydroxylation is 1. The Morgan fingerprint density at radius 1 is 1.05 bits per heavy atom. The smallest absolute Gasteiger partial charge is 0.381 e. The molecule has 21 heavy (non-hydrogen) atoms. The first-order valence-corrected chi connectivity index (χ1v) is 6.88. The molecule has 0 atom stereocenters. The van der Waals surface area contributed by atoms with Crippen molar-refractivity contribution < 1.29 is 13.2 Å². The second-order valence-corrected chi connectivity index (χ2v) is 5.46. The van der Waals surface area contributed by atoms with Gasteiger partial charge in [0.05, 0.1) is 10.6 Å². The molecule has 0 aliphatic heterocycles. The van der Waals surface area contributed by atoms with E-state index in [1.807, 2.05) is 19.1 Å². The molecule has 1 N–H and O–H groups in total. The molecular weight excluding hydrogens is 322 g/mol. The molecule has 112 valence electrons. The third kappa shape index (κ3) is 4.05. The van der Waals surface area contributed by atoms with Crippen molar-refractivity contribution in [2.24, 2.45) is 0 Å². The molecular formula is C15H12Cl2F3N. The van der Waals surface area contributed by atoms with Crippen LogP contribution >= 0.6 is 23.2 Å². The number of hydrogen-bond donors (Lipinski definition) is 1. The highest BCUT2D eigenvalue weighted by atomic mass is 35.5. The van der Waals surface area contributed by atoms with Crippen molar-refractivity contribution in [2.45, 2.75) is 19.6 Å². The lowest BCUT2D eigenvalue weighted by molar-refractivity contribution is -0.137. The van der Waals surface area contributed by atoms with Crippen molar-refractivity contribution in [3.63, 3.8) is 0 Å². The van der Waals surface area contributed by atoms with Gasteiger partial charge in [0.1, 0.15) is 0 Å². The average molecular weight is 334 g/mol. The monoisotopic (exact) mass is 333 g/mol. The van der Waals surface area contributed by atoms with Crippen LogP contribution in [0.1, 0.15) is 16.7 Å². The molecule has 2 aromatic rings. The molecule has 0 fully saturated rings. The maximum absolute atomic E-state index is 12.8. The largest absolute Gasteiger partial charge is 0.417 e. The first-order chi connectivity index (χ1) is 9.77. The summed E-state index contributed by atoms with van der Waals surface area (Å²) in [6.45, 7) is 2.30. The van der Waals surface area contributed by atoms with Crippen molar-refractivity contribution in [1.29, 1.82) is 0 Å². The molecule has 0 aliphatic rings. The lowest BCUT2D eigenvalue weighted by atomic mass is 10.1. The number of hydrogen-bond acceptors (Lipinski definition) is 1. The Balaban J connectivity index is 2.17. The van der Waals surface area contributed by atoms with Gasteiger partial charge in [-0.2, -0.15) is 13.2 Å². The van der Waals surface area contributed by atoms with Crippen LogP contribution in [0.25, 0.3) is 0 Å². The zero-order chi connectivity index (χ0) is 15.6. The Bertz CT molecular complexity index is 654. The molecule has 0 unspecified atom stereocenters. The second-order valence-electron chi connectivity index (χ2n) is 4.62. The van der Waals surface area contributed by atoms with Crippen LogP contribution < -0.4 is 5.32 Å². The Kier molecular flexibility index (Phi) is 4.69. The van der Waals surface area contributed by atoms with E-state index in [4.69, 9.17) is 23.2 Å². The molecule has 0 radical (unpaired) electrons. The van der Waals surface area contributed by atoms with E-state index >= 15 is 0 Å². The van der Waals surface area contributed by atoms with Crippen LogP contribution in [0.5, 0.6) is 0 Å². The summed E-state index contributed by atoms with van der Waals surface area (Å²) < 4.78 is 38.3. The Labute approximate surface area is 130 Å². The zero-order valence-corrected chi connectivity index (χ0v) is 12.6. The van der Waals surface area contributed by atoms with E-state index in [2.05, 4.69) is 5.32 Å². The van der Waals surface area contributed by atoms with Crippen LogP contribution in [-0.4, -0.2) is 0 Å². The molecule has 0 saturated carbocycles. The van der Waals surface area contributed by atoms with E-state index in [1.54, 1.807) is 6.07 Å². The summed E-state index contributed by atoms with van der Waals surface area (Å²) in [5, 5.41) is 3.28. The van der Waals surface area contributed by atoms with Crippen molar-refractivity contribution in [1.82, 2.24) is 0 Å². The van der Waals surface area contributed by atoms with Crippen LogP contribution in [-0.2, 0) is 12.7 Å². The van der Waals surface area contributed by atoms with Gasteiger partial charge in [-0.15, -0.1) is 0 Å². The van der Waals surface area contributed by atoms with E-state index < -0.39 is 11.7 Å². The van der Waals surface area contributed by atoms with E-state index in [0.29, 0.717) is 17.3 Å². The van der Waals surface area contributed by atoms with Crippen molar-refractivity contribution in [3.05, 3.63) is 63.1 Å². The third-order valence-electron chi connectivity index (χ3n) is 3.06. The summed E-state index contributed by atoms with van der Waals surface area (Å²) in [4.78, 5) is 0. The fourth-order valence-electron chi connectivity index (χ4n) is 1.91. The lowest BCUT2D eigenvalue weighted by Gasteiger charge is -2.13. The number of nitrogens with one attached hydrogen (secondary N) is 1. The summed E-state index contributed by atoms with van der Waals surface area (Å²) in [5.74, 6) is 0. The maximum atomic E-state index is 12.8. The lowest BCUT2D eigenvalue weighted by Crippen LogP contribution is -2.08. The summed E-state index contributed by atoms with van der Waals surface area (Å²) in [6, 6.07) is 9.15. The van der Waals surface area contributed by atoms with Gasteiger partial charge in [0.2, 0.25) is 0 Å². The summed E-state index contributed by atoms with van der Waals surface area (Å²) in [7, 11) is 0. The molecule has 0 aliphatic carbocycles. The van der Waals surface area contributed by atoms with Gasteiger partial charge in [-0.3, -0.25) is 0 Å². The second kappa shape index (κ2) is 6.16. The van der Waals surface area contributed by atoms with Crippen LogP contribution in [0.4, 0.5) is 18.9 Å². The molecule has 2 rings (SSSR count). The van der Waals surface area contributed by atoms with Crippen LogP contribution in [0.3, 0.4) is 0 Å². The molecule has 0 amide bonds. The van der Waals surface area contributed by atoms with E-state index in [-0.39, 0.29) is 5.02 Å². The third-order valence-corrected chi connectivity index (χ3v) is 3.62. The molecule has 0 heterocycles. The fraction of sp³-hybridized carbons (Fsp3) is 0.200. The normalized spacial score (nSPS) is 11.5. The molecule has 1 nitrogen and oxygen atoms in total. The summed E-state index contributed by atoms with van der Waals surface area (Å²) in [5.41, 5.74) is 1.45. The summed E-state index contributed by atoms with van der Waals surface area (Å²) >= 11 is 11.4. The van der Waals surface area contributed by atoms with Gasteiger partial charge < -0.3 is 5.32 Å². The van der Waals surface area contributed by atoms with Crippen molar-refractivity contribution in [3.8, 4) is 0 Å². The SMILES string of the molecule is Cc1cc(Cl)ccc1CNc1ccc(Cl)c(C(F)(F)F)c1. The number of rotatable bonds is 3. The minimum Gasteiger partial charge on any atom is -0.381 e. The number of anilines is 1. The highest BCUT2D eigenvalue weighted by Crippen LogP contribution is 2.36.